The van der Waals surface area contributed by atoms with Gasteiger partial charge in [-0.05, 0) is 47.7 Å². The summed E-state index contributed by atoms with van der Waals surface area (Å²) in [6, 6.07) is 14.5. The molecular weight excluding hydrogens is 377 g/mol. The van der Waals surface area contributed by atoms with E-state index in [2.05, 4.69) is 0 Å². The molecule has 142 valence electrons. The highest BCUT2D eigenvalue weighted by atomic mass is 32.2. The predicted octanol–water partition coefficient (Wildman–Crippen LogP) is 4.22. The lowest BCUT2D eigenvalue weighted by atomic mass is 10.2. The molecule has 0 heterocycles. The molecule has 2 amide bonds. The number of carbonyl (C=O) groups is 2. The van der Waals surface area contributed by atoms with Gasteiger partial charge < -0.3 is 10.6 Å². The van der Waals surface area contributed by atoms with E-state index >= 15 is 0 Å². The number of carbonyl (C=O) groups excluding carboxylic acids is 2. The van der Waals surface area contributed by atoms with Crippen molar-refractivity contribution in [1.29, 1.82) is 0 Å². The van der Waals surface area contributed by atoms with Crippen LogP contribution in [-0.2, 0) is 9.59 Å². The second kappa shape index (κ2) is 9.27. The van der Waals surface area contributed by atoms with Gasteiger partial charge >= 0.3 is 5.51 Å². The second-order valence-corrected chi connectivity index (χ2v) is 6.63. The van der Waals surface area contributed by atoms with Crippen molar-refractivity contribution in [1.82, 2.24) is 0 Å². The summed E-state index contributed by atoms with van der Waals surface area (Å²) in [5.41, 5.74) is 2.02. The van der Waals surface area contributed by atoms with Crippen LogP contribution in [0.4, 0.5) is 18.9 Å². The number of benzene rings is 2. The zero-order valence-electron chi connectivity index (χ0n) is 14.1. The van der Waals surface area contributed by atoms with E-state index in [9.17, 15) is 22.8 Å². The number of rotatable bonds is 7. The first-order valence-corrected chi connectivity index (χ1v) is 8.75. The van der Waals surface area contributed by atoms with Crippen LogP contribution < -0.4 is 10.6 Å². The van der Waals surface area contributed by atoms with Crippen LogP contribution in [0.3, 0.4) is 0 Å². The Morgan fingerprint density at radius 2 is 1.67 bits per heavy atom. The lowest BCUT2D eigenvalue weighted by Crippen LogP contribution is -2.32. The molecule has 2 aromatic rings. The van der Waals surface area contributed by atoms with Gasteiger partial charge in [0, 0.05) is 29.6 Å². The van der Waals surface area contributed by atoms with E-state index in [1.165, 1.54) is 41.3 Å². The number of alkyl halides is 3. The van der Waals surface area contributed by atoms with Crippen LogP contribution in [0.15, 0.2) is 65.6 Å². The van der Waals surface area contributed by atoms with E-state index in [-0.39, 0.29) is 35.5 Å². The van der Waals surface area contributed by atoms with Gasteiger partial charge in [0.1, 0.15) is 0 Å². The standard InChI is InChI=1S/C19H17F3N2O2S/c20-19(21,22)27-16-9-6-14(7-10-16)8-11-18(26)24(13-12-17(23)25)15-4-2-1-3-5-15/h1-11H,12-13H2,(H2,23,25)/b11-8+. The zero-order valence-corrected chi connectivity index (χ0v) is 15.0. The summed E-state index contributed by atoms with van der Waals surface area (Å²) in [6.45, 7) is 0.129. The first-order valence-electron chi connectivity index (χ1n) is 7.93. The number of primary amides is 1. The topological polar surface area (TPSA) is 63.4 Å². The average molecular weight is 394 g/mol. The molecule has 2 aromatic carbocycles. The summed E-state index contributed by atoms with van der Waals surface area (Å²) >= 11 is -0.198. The summed E-state index contributed by atoms with van der Waals surface area (Å²) in [5.74, 6) is -0.887. The number of halogens is 3. The molecule has 27 heavy (non-hydrogen) atoms. The van der Waals surface area contributed by atoms with Crippen LogP contribution in [0, 0.1) is 0 Å². The van der Waals surface area contributed by atoms with Crippen LogP contribution in [0.1, 0.15) is 12.0 Å². The normalized spacial score (nSPS) is 11.5. The Labute approximate surface area is 158 Å². The third kappa shape index (κ3) is 7.18. The number of hydrogen-bond donors (Lipinski definition) is 1. The minimum atomic E-state index is -4.34. The van der Waals surface area contributed by atoms with Crippen molar-refractivity contribution in [2.24, 2.45) is 5.73 Å². The van der Waals surface area contributed by atoms with Gasteiger partial charge in [0.25, 0.3) is 5.91 Å². The Morgan fingerprint density at radius 3 is 2.22 bits per heavy atom. The summed E-state index contributed by atoms with van der Waals surface area (Å²) in [7, 11) is 0. The van der Waals surface area contributed by atoms with Gasteiger partial charge in [0.2, 0.25) is 5.91 Å². The average Bonchev–Trinajstić information content (AvgIpc) is 2.60. The van der Waals surface area contributed by atoms with Gasteiger partial charge in [-0.15, -0.1) is 0 Å². The maximum atomic E-state index is 12.5. The van der Waals surface area contributed by atoms with E-state index in [1.54, 1.807) is 30.3 Å². The molecule has 0 aromatic heterocycles. The maximum Gasteiger partial charge on any atom is 0.446 e. The van der Waals surface area contributed by atoms with Crippen LogP contribution in [0.25, 0.3) is 6.08 Å². The van der Waals surface area contributed by atoms with E-state index in [4.69, 9.17) is 5.73 Å². The van der Waals surface area contributed by atoms with E-state index < -0.39 is 11.4 Å². The minimum absolute atomic E-state index is 0.0117. The Kier molecular flexibility index (Phi) is 7.06. The highest BCUT2D eigenvalue weighted by molar-refractivity contribution is 8.00. The van der Waals surface area contributed by atoms with Gasteiger partial charge in [-0.3, -0.25) is 9.59 Å². The van der Waals surface area contributed by atoms with Crippen LogP contribution in [0.2, 0.25) is 0 Å². The maximum absolute atomic E-state index is 12.5. The van der Waals surface area contributed by atoms with Crippen molar-refractivity contribution >= 4 is 35.3 Å². The summed E-state index contributed by atoms with van der Waals surface area (Å²) in [6.07, 6.45) is 2.82. The fourth-order valence-electron chi connectivity index (χ4n) is 2.23. The SMILES string of the molecule is NC(=O)CCN(C(=O)/C=C/c1ccc(SC(F)(F)F)cc1)c1ccccc1. The van der Waals surface area contributed by atoms with Crippen LogP contribution in [-0.4, -0.2) is 23.9 Å². The zero-order chi connectivity index (χ0) is 19.9. The molecule has 4 nitrogen and oxygen atoms in total. The van der Waals surface area contributed by atoms with E-state index in [0.29, 0.717) is 11.3 Å². The fourth-order valence-corrected chi connectivity index (χ4v) is 2.77. The molecule has 0 spiro atoms. The molecule has 8 heteroatoms. The summed E-state index contributed by atoms with van der Waals surface area (Å²) in [4.78, 5) is 25.1. The molecule has 0 saturated heterocycles. The Morgan fingerprint density at radius 1 is 1.04 bits per heavy atom. The van der Waals surface area contributed by atoms with Gasteiger partial charge in [0.05, 0.1) is 0 Å². The molecule has 2 rings (SSSR count). The first kappa shape index (κ1) is 20.6. The largest absolute Gasteiger partial charge is 0.446 e. The van der Waals surface area contributed by atoms with Crippen LogP contribution >= 0.6 is 11.8 Å². The van der Waals surface area contributed by atoms with Crippen molar-refractivity contribution in [2.75, 3.05) is 11.4 Å². The van der Waals surface area contributed by atoms with Gasteiger partial charge in [-0.2, -0.15) is 13.2 Å². The fraction of sp³-hybridized carbons (Fsp3) is 0.158. The molecular formula is C19H17F3N2O2S. The third-order valence-corrected chi connectivity index (χ3v) is 4.19. The number of nitrogens with two attached hydrogens (primary N) is 1. The first-order chi connectivity index (χ1) is 12.7. The molecule has 0 radical (unpaired) electrons. The molecule has 0 aliphatic heterocycles. The quantitative estimate of drug-likeness (QED) is 0.565. The Hall–Kier alpha value is -2.74. The highest BCUT2D eigenvalue weighted by Crippen LogP contribution is 2.36. The Balaban J connectivity index is 2.10. The van der Waals surface area contributed by atoms with Crippen molar-refractivity contribution in [3.05, 3.63) is 66.2 Å². The van der Waals surface area contributed by atoms with Crippen molar-refractivity contribution in [3.8, 4) is 0 Å². The Bertz CT molecular complexity index is 806. The molecule has 2 N–H and O–H groups in total. The smallest absolute Gasteiger partial charge is 0.370 e. The third-order valence-electron chi connectivity index (χ3n) is 3.45. The molecule has 0 aliphatic rings. The van der Waals surface area contributed by atoms with Gasteiger partial charge in [-0.25, -0.2) is 0 Å². The minimum Gasteiger partial charge on any atom is -0.370 e. The number of nitrogens with zero attached hydrogens (tertiary/aromatic N) is 1. The molecule has 0 aliphatic carbocycles. The number of para-hydroxylation sites is 1. The van der Waals surface area contributed by atoms with Crippen molar-refractivity contribution < 1.29 is 22.8 Å². The number of hydrogen-bond acceptors (Lipinski definition) is 3. The number of thioether (sulfide) groups is 1. The van der Waals surface area contributed by atoms with E-state index in [0.717, 1.165) is 0 Å². The monoisotopic (exact) mass is 394 g/mol. The molecule has 0 atom stereocenters. The summed E-state index contributed by atoms with van der Waals surface area (Å²) in [5, 5.41) is 0. The van der Waals surface area contributed by atoms with Gasteiger partial charge in [-0.1, -0.05) is 30.3 Å². The highest BCUT2D eigenvalue weighted by Gasteiger charge is 2.28. The molecule has 0 fully saturated rings. The molecule has 0 saturated carbocycles. The van der Waals surface area contributed by atoms with E-state index in [1.807, 2.05) is 0 Å². The van der Waals surface area contributed by atoms with Crippen molar-refractivity contribution in [3.63, 3.8) is 0 Å². The van der Waals surface area contributed by atoms with Crippen molar-refractivity contribution in [2.45, 2.75) is 16.8 Å². The van der Waals surface area contributed by atoms with Crippen LogP contribution in [0.5, 0.6) is 0 Å². The lowest BCUT2D eigenvalue weighted by Gasteiger charge is -2.20. The predicted molar refractivity (Wildman–Crippen MR) is 100.0 cm³/mol. The lowest BCUT2D eigenvalue weighted by molar-refractivity contribution is -0.118. The number of anilines is 1. The van der Waals surface area contributed by atoms with Gasteiger partial charge in [0.15, 0.2) is 0 Å². The molecule has 0 bridgehead atoms. The number of amides is 2. The summed E-state index contributed by atoms with van der Waals surface area (Å²) < 4.78 is 37.0. The molecule has 0 unspecified atom stereocenters. The second-order valence-electron chi connectivity index (χ2n) is 5.49.